The number of hydrogen-bond acceptors (Lipinski definition) is 7. The molecule has 0 atom stereocenters. The number of aromatic nitrogens is 6. The molecule has 35 heavy (non-hydrogen) atoms. The van der Waals surface area contributed by atoms with E-state index in [1.54, 1.807) is 16.2 Å². The second-order valence-corrected chi connectivity index (χ2v) is 11.3. The van der Waals surface area contributed by atoms with Gasteiger partial charge in [-0.15, -0.1) is 0 Å². The fourth-order valence-corrected chi connectivity index (χ4v) is 6.83. The van der Waals surface area contributed by atoms with E-state index in [-0.39, 0.29) is 0 Å². The zero-order valence-electron chi connectivity index (χ0n) is 20.0. The van der Waals surface area contributed by atoms with Gasteiger partial charge < -0.3 is 9.64 Å². The molecule has 1 aliphatic heterocycles. The molecule has 182 valence electrons. The number of aryl methyl sites for hydroxylation is 3. The van der Waals surface area contributed by atoms with Gasteiger partial charge in [0.05, 0.1) is 41.8 Å². The van der Waals surface area contributed by atoms with E-state index in [4.69, 9.17) is 36.5 Å². The number of methoxy groups -OCH3 is 1. The number of anilines is 1. The van der Waals surface area contributed by atoms with Crippen molar-refractivity contribution in [1.82, 2.24) is 28.9 Å². The van der Waals surface area contributed by atoms with Crippen LogP contribution in [0.4, 0.5) is 5.82 Å². The minimum absolute atomic E-state index is 0.504. The second-order valence-electron chi connectivity index (χ2n) is 9.25. The van der Waals surface area contributed by atoms with E-state index in [2.05, 4.69) is 45.2 Å². The normalized spacial score (nSPS) is 15.7. The van der Waals surface area contributed by atoms with Crippen LogP contribution in [0.1, 0.15) is 47.0 Å². The average Bonchev–Trinajstić information content (AvgIpc) is 3.59. The summed E-state index contributed by atoms with van der Waals surface area (Å²) < 4.78 is 9.68. The zero-order chi connectivity index (χ0) is 24.4. The molecule has 8 nitrogen and oxygen atoms in total. The number of hydrogen-bond donors (Lipinski definition) is 0. The predicted molar refractivity (Wildman–Crippen MR) is 149 cm³/mol. The number of rotatable bonds is 5. The van der Waals surface area contributed by atoms with Crippen molar-refractivity contribution in [3.05, 3.63) is 45.4 Å². The van der Waals surface area contributed by atoms with Crippen LogP contribution < -0.4 is 9.64 Å². The largest absolute Gasteiger partial charge is 0.481 e. The van der Waals surface area contributed by atoms with Gasteiger partial charge in [-0.2, -0.15) is 19.3 Å². The van der Waals surface area contributed by atoms with Gasteiger partial charge in [0.15, 0.2) is 5.82 Å². The number of halogens is 2. The van der Waals surface area contributed by atoms with Crippen LogP contribution in [0.25, 0.3) is 22.3 Å². The molecule has 1 aliphatic carbocycles. The van der Waals surface area contributed by atoms with E-state index in [9.17, 15) is 0 Å². The minimum atomic E-state index is 0.504. The highest BCUT2D eigenvalue weighted by Crippen LogP contribution is 2.46. The number of fused-ring (bicyclic) bond motifs is 2. The number of nitrogens with zero attached hydrogens (tertiary/aromatic N) is 7. The van der Waals surface area contributed by atoms with Crippen molar-refractivity contribution in [3.63, 3.8) is 0 Å². The molecule has 0 saturated heterocycles. The first-order chi connectivity index (χ1) is 16.9. The molecule has 0 N–H and O–H groups in total. The lowest BCUT2D eigenvalue weighted by molar-refractivity contribution is 0.388. The van der Waals surface area contributed by atoms with E-state index < -0.39 is 0 Å². The fraction of sp³-hybridized carbons (Fsp3) is 0.417. The second kappa shape index (κ2) is 8.81. The van der Waals surface area contributed by atoms with Gasteiger partial charge in [0, 0.05) is 67.2 Å². The van der Waals surface area contributed by atoms with Crippen molar-refractivity contribution in [2.24, 2.45) is 7.05 Å². The van der Waals surface area contributed by atoms with Gasteiger partial charge in [0.25, 0.3) is 0 Å². The Labute approximate surface area is 225 Å². The van der Waals surface area contributed by atoms with Crippen molar-refractivity contribution in [1.29, 1.82) is 0 Å². The Morgan fingerprint density at radius 3 is 2.69 bits per heavy atom. The Morgan fingerprint density at radius 2 is 1.97 bits per heavy atom. The number of benzene rings is 1. The molecule has 0 spiro atoms. The summed E-state index contributed by atoms with van der Waals surface area (Å²) in [6, 6.07) is 4.22. The lowest BCUT2D eigenvalue weighted by Gasteiger charge is -2.31. The monoisotopic (exact) mass is 621 g/mol. The molecule has 4 aromatic rings. The van der Waals surface area contributed by atoms with Gasteiger partial charge in [-0.1, -0.05) is 17.7 Å². The van der Waals surface area contributed by atoms with Crippen molar-refractivity contribution in [2.75, 3.05) is 18.6 Å². The summed E-state index contributed by atoms with van der Waals surface area (Å²) in [6.07, 6.45) is 3.12. The molecule has 1 saturated carbocycles. The zero-order valence-corrected chi connectivity index (χ0v) is 23.7. The molecule has 1 aromatic carbocycles. The summed E-state index contributed by atoms with van der Waals surface area (Å²) in [5.74, 6) is 2.77. The molecular weight excluding hydrogens is 597 g/mol. The summed E-state index contributed by atoms with van der Waals surface area (Å²) in [5, 5.41) is 11.3. The van der Waals surface area contributed by atoms with E-state index in [0.29, 0.717) is 24.2 Å². The van der Waals surface area contributed by atoms with Gasteiger partial charge in [0.1, 0.15) is 10.8 Å². The van der Waals surface area contributed by atoms with Gasteiger partial charge in [0.2, 0.25) is 5.88 Å². The first kappa shape index (κ1) is 23.4. The van der Waals surface area contributed by atoms with Crippen LogP contribution in [0.3, 0.4) is 0 Å². The smallest absolute Gasteiger partial charge is 0.222 e. The predicted octanol–water partition coefficient (Wildman–Crippen LogP) is 5.79. The van der Waals surface area contributed by atoms with Crippen molar-refractivity contribution in [3.8, 4) is 17.3 Å². The molecule has 1 fully saturated rings. The molecule has 6 rings (SSSR count). The highest BCUT2D eigenvalue weighted by atomic mass is 127. The van der Waals surface area contributed by atoms with Crippen molar-refractivity contribution >= 4 is 58.6 Å². The summed E-state index contributed by atoms with van der Waals surface area (Å²) >= 11 is 9.06. The van der Waals surface area contributed by atoms with Crippen LogP contribution in [0.2, 0.25) is 5.02 Å². The summed E-state index contributed by atoms with van der Waals surface area (Å²) in [7, 11) is 5.20. The SMILES string of the molecule is COc1nc(-c2c(C)ccc3c2c(C)nn3SI)nc2c1CN(c1c(Cl)c(C3CC3)nn1C)CC2. The topological polar surface area (TPSA) is 73.9 Å². The van der Waals surface area contributed by atoms with Crippen LogP contribution >= 0.6 is 41.9 Å². The maximum atomic E-state index is 6.81. The summed E-state index contributed by atoms with van der Waals surface area (Å²) in [4.78, 5) is 12.3. The Morgan fingerprint density at radius 1 is 1.17 bits per heavy atom. The highest BCUT2D eigenvalue weighted by Gasteiger charge is 2.34. The summed E-state index contributed by atoms with van der Waals surface area (Å²) in [6.45, 7) is 5.58. The molecule has 3 aromatic heterocycles. The molecule has 0 unspecified atom stereocenters. The Kier molecular flexibility index (Phi) is 5.88. The van der Waals surface area contributed by atoms with Crippen LogP contribution in [0.15, 0.2) is 12.1 Å². The molecule has 0 radical (unpaired) electrons. The van der Waals surface area contributed by atoms with E-state index in [1.807, 2.05) is 22.7 Å². The lowest BCUT2D eigenvalue weighted by atomic mass is 10.0. The van der Waals surface area contributed by atoms with Crippen LogP contribution in [-0.2, 0) is 20.0 Å². The van der Waals surface area contributed by atoms with Crippen LogP contribution in [0.5, 0.6) is 5.88 Å². The molecule has 0 amide bonds. The molecule has 2 aliphatic rings. The third-order valence-corrected chi connectivity index (χ3v) is 8.85. The van der Waals surface area contributed by atoms with Gasteiger partial charge >= 0.3 is 0 Å². The fourth-order valence-electron chi connectivity index (χ4n) is 5.12. The lowest BCUT2D eigenvalue weighted by Crippen LogP contribution is -2.33. The third kappa shape index (κ3) is 3.79. The Balaban J connectivity index is 1.44. The molecule has 4 heterocycles. The van der Waals surface area contributed by atoms with Gasteiger partial charge in [-0.25, -0.2) is 4.98 Å². The van der Waals surface area contributed by atoms with E-state index >= 15 is 0 Å². The highest BCUT2D eigenvalue weighted by molar-refractivity contribution is 14.2. The maximum absolute atomic E-state index is 6.81. The molecule has 11 heteroatoms. The average molecular weight is 622 g/mol. The maximum Gasteiger partial charge on any atom is 0.222 e. The summed E-state index contributed by atoms with van der Waals surface area (Å²) in [5.41, 5.74) is 7.22. The third-order valence-electron chi connectivity index (χ3n) is 6.95. The van der Waals surface area contributed by atoms with Crippen LogP contribution in [-0.4, -0.2) is 42.6 Å². The Hall–Kier alpha value is -2.05. The van der Waals surface area contributed by atoms with Gasteiger partial charge in [-0.05, 0) is 38.3 Å². The van der Waals surface area contributed by atoms with Crippen molar-refractivity contribution in [2.45, 2.75) is 45.6 Å². The minimum Gasteiger partial charge on any atom is -0.481 e. The first-order valence-electron chi connectivity index (χ1n) is 11.6. The van der Waals surface area contributed by atoms with Gasteiger partial charge in [-0.3, -0.25) is 4.68 Å². The number of ether oxygens (including phenoxy) is 1. The Bertz CT molecular complexity index is 1460. The van der Waals surface area contributed by atoms with Crippen molar-refractivity contribution < 1.29 is 4.74 Å². The standard InChI is InChI=1S/C24H25ClIN7OS/c1-12-5-8-17-19(13(2)29-33(17)35-26)18(12)22-27-16-9-10-32(11-15(16)23(28-22)34-4)24-20(25)21(14-6-7-14)30-31(24)3/h5,8,14H,6-7,9-11H2,1-4H3. The quantitative estimate of drug-likeness (QED) is 0.261. The van der Waals surface area contributed by atoms with E-state index in [0.717, 1.165) is 68.5 Å². The van der Waals surface area contributed by atoms with E-state index in [1.165, 1.54) is 12.8 Å². The van der Waals surface area contributed by atoms with Crippen LogP contribution in [0, 0.1) is 13.8 Å². The molecule has 0 bridgehead atoms. The first-order valence-corrected chi connectivity index (χ1v) is 15.3. The molecular formula is C24H25ClIN7OS.